The van der Waals surface area contributed by atoms with Gasteiger partial charge in [0.15, 0.2) is 12.7 Å². The van der Waals surface area contributed by atoms with Crippen LogP contribution in [0.25, 0.3) is 10.8 Å². The molecule has 0 saturated carbocycles. The van der Waals surface area contributed by atoms with Gasteiger partial charge in [0.1, 0.15) is 11.5 Å². The van der Waals surface area contributed by atoms with Crippen LogP contribution in [0.4, 0.5) is 0 Å². The molecule has 0 radical (unpaired) electrons. The zero-order valence-electron chi connectivity index (χ0n) is 15.1. The maximum Gasteiger partial charge on any atom is 0.279 e. The normalized spacial score (nSPS) is 11.5. The molecule has 6 nitrogen and oxygen atoms in total. The molecule has 7 heteroatoms. The van der Waals surface area contributed by atoms with Gasteiger partial charge in [-0.1, -0.05) is 41.9 Å². The highest BCUT2D eigenvalue weighted by Crippen LogP contribution is 2.21. The first-order valence-electron chi connectivity index (χ1n) is 8.64. The molecular formula is C21H19ClN2O4. The molecule has 0 spiro atoms. The quantitative estimate of drug-likeness (QED) is 0.623. The van der Waals surface area contributed by atoms with E-state index in [2.05, 4.69) is 10.9 Å². The molecule has 2 N–H and O–H groups in total. The number of carbonyl (C=O) groups is 2. The molecule has 0 aliphatic rings. The Morgan fingerprint density at radius 1 is 0.929 bits per heavy atom. The molecule has 0 aliphatic heterocycles. The minimum Gasteiger partial charge on any atom is -0.484 e. The fourth-order valence-corrected chi connectivity index (χ4v) is 2.57. The summed E-state index contributed by atoms with van der Waals surface area (Å²) in [4.78, 5) is 23.9. The molecule has 3 aromatic rings. The van der Waals surface area contributed by atoms with E-state index < -0.39 is 17.9 Å². The van der Waals surface area contributed by atoms with E-state index >= 15 is 0 Å². The summed E-state index contributed by atoms with van der Waals surface area (Å²) in [7, 11) is 0. The summed E-state index contributed by atoms with van der Waals surface area (Å²) in [5, 5.41) is 2.67. The van der Waals surface area contributed by atoms with Crippen molar-refractivity contribution < 1.29 is 19.1 Å². The van der Waals surface area contributed by atoms with Gasteiger partial charge in [-0.25, -0.2) is 0 Å². The van der Waals surface area contributed by atoms with E-state index in [1.165, 1.54) is 0 Å². The summed E-state index contributed by atoms with van der Waals surface area (Å²) in [5.74, 6) is 0.0897. The monoisotopic (exact) mass is 398 g/mol. The van der Waals surface area contributed by atoms with Gasteiger partial charge in [-0.2, -0.15) is 0 Å². The molecule has 0 aliphatic carbocycles. The number of hydrogen-bond donors (Lipinski definition) is 2. The van der Waals surface area contributed by atoms with Crippen molar-refractivity contribution in [3.63, 3.8) is 0 Å². The molecule has 0 bridgehead atoms. The number of hydrazine groups is 1. The van der Waals surface area contributed by atoms with E-state index in [1.54, 1.807) is 37.3 Å². The maximum atomic E-state index is 12.1. The average molecular weight is 399 g/mol. The lowest BCUT2D eigenvalue weighted by atomic mass is 10.1. The second-order valence-electron chi connectivity index (χ2n) is 6.05. The Morgan fingerprint density at radius 2 is 1.61 bits per heavy atom. The van der Waals surface area contributed by atoms with Crippen LogP contribution in [0.2, 0.25) is 5.02 Å². The number of halogens is 1. The molecule has 1 unspecified atom stereocenters. The average Bonchev–Trinajstić information content (AvgIpc) is 2.71. The molecule has 28 heavy (non-hydrogen) atoms. The van der Waals surface area contributed by atoms with Crippen LogP contribution >= 0.6 is 11.6 Å². The molecule has 0 fully saturated rings. The highest BCUT2D eigenvalue weighted by atomic mass is 35.5. The standard InChI is InChI=1S/C21H19ClN2O4/c1-14(28-19-9-6-15-4-2-3-5-16(15)12-19)21(26)24-23-20(25)13-27-18-10-7-17(22)8-11-18/h2-12,14H,13H2,1H3,(H,23,25)(H,24,26). The maximum absolute atomic E-state index is 12.1. The summed E-state index contributed by atoms with van der Waals surface area (Å²) in [6.07, 6.45) is -0.793. The van der Waals surface area contributed by atoms with Crippen LogP contribution in [0.3, 0.4) is 0 Å². The van der Waals surface area contributed by atoms with E-state index in [4.69, 9.17) is 21.1 Å². The predicted molar refractivity (Wildman–Crippen MR) is 107 cm³/mol. The lowest BCUT2D eigenvalue weighted by Gasteiger charge is -2.15. The van der Waals surface area contributed by atoms with Crippen molar-refractivity contribution in [1.82, 2.24) is 10.9 Å². The smallest absolute Gasteiger partial charge is 0.279 e. The van der Waals surface area contributed by atoms with Crippen molar-refractivity contribution >= 4 is 34.2 Å². The fraction of sp³-hybridized carbons (Fsp3) is 0.143. The van der Waals surface area contributed by atoms with E-state index in [-0.39, 0.29) is 6.61 Å². The summed E-state index contributed by atoms with van der Waals surface area (Å²) < 4.78 is 10.9. The summed E-state index contributed by atoms with van der Waals surface area (Å²) >= 11 is 5.78. The predicted octanol–water partition coefficient (Wildman–Crippen LogP) is 3.49. The lowest BCUT2D eigenvalue weighted by molar-refractivity contribution is -0.133. The van der Waals surface area contributed by atoms with E-state index in [9.17, 15) is 9.59 Å². The molecule has 0 aromatic heterocycles. The Bertz CT molecular complexity index is 976. The number of amides is 2. The molecule has 2 amide bonds. The molecule has 144 valence electrons. The third-order valence-electron chi connectivity index (χ3n) is 3.91. The van der Waals surface area contributed by atoms with Gasteiger partial charge in [-0.05, 0) is 54.1 Å². The van der Waals surface area contributed by atoms with Gasteiger partial charge in [0.25, 0.3) is 11.8 Å². The van der Waals surface area contributed by atoms with Crippen molar-refractivity contribution in [2.75, 3.05) is 6.61 Å². The van der Waals surface area contributed by atoms with Gasteiger partial charge in [0.2, 0.25) is 0 Å². The van der Waals surface area contributed by atoms with Crippen molar-refractivity contribution in [3.8, 4) is 11.5 Å². The number of carbonyl (C=O) groups excluding carboxylic acids is 2. The zero-order chi connectivity index (χ0) is 19.9. The molecule has 3 aromatic carbocycles. The molecule has 0 heterocycles. The first-order valence-corrected chi connectivity index (χ1v) is 9.01. The van der Waals surface area contributed by atoms with Crippen molar-refractivity contribution in [2.45, 2.75) is 13.0 Å². The number of fused-ring (bicyclic) bond motifs is 1. The third-order valence-corrected chi connectivity index (χ3v) is 4.16. The topological polar surface area (TPSA) is 76.7 Å². The van der Waals surface area contributed by atoms with Gasteiger partial charge in [-0.3, -0.25) is 20.4 Å². The minimum atomic E-state index is -0.793. The van der Waals surface area contributed by atoms with Crippen molar-refractivity contribution in [1.29, 1.82) is 0 Å². The molecular weight excluding hydrogens is 380 g/mol. The van der Waals surface area contributed by atoms with Crippen LogP contribution in [0.15, 0.2) is 66.7 Å². The second kappa shape index (κ2) is 9.10. The first-order chi connectivity index (χ1) is 13.5. The van der Waals surface area contributed by atoms with Crippen molar-refractivity contribution in [3.05, 3.63) is 71.8 Å². The number of nitrogens with one attached hydrogen (secondary N) is 2. The summed E-state index contributed by atoms with van der Waals surface area (Å²) in [6, 6.07) is 20.0. The number of hydrogen-bond acceptors (Lipinski definition) is 4. The van der Waals surface area contributed by atoms with Crippen LogP contribution in [0, 0.1) is 0 Å². The number of rotatable bonds is 6. The van der Waals surface area contributed by atoms with Crippen LogP contribution < -0.4 is 20.3 Å². The Kier molecular flexibility index (Phi) is 6.34. The highest BCUT2D eigenvalue weighted by Gasteiger charge is 2.15. The Balaban J connectivity index is 1.45. The zero-order valence-corrected chi connectivity index (χ0v) is 15.9. The first kappa shape index (κ1) is 19.5. The van der Waals surface area contributed by atoms with Crippen molar-refractivity contribution in [2.24, 2.45) is 0 Å². The van der Waals surface area contributed by atoms with Crippen LogP contribution in [-0.4, -0.2) is 24.5 Å². The van der Waals surface area contributed by atoms with Crippen LogP contribution in [0.5, 0.6) is 11.5 Å². The SMILES string of the molecule is CC(Oc1ccc2ccccc2c1)C(=O)NNC(=O)COc1ccc(Cl)cc1. The van der Waals surface area contributed by atoms with Gasteiger partial charge in [0.05, 0.1) is 0 Å². The largest absolute Gasteiger partial charge is 0.484 e. The third kappa shape index (κ3) is 5.37. The highest BCUT2D eigenvalue weighted by molar-refractivity contribution is 6.30. The fourth-order valence-electron chi connectivity index (χ4n) is 2.45. The van der Waals surface area contributed by atoms with Gasteiger partial charge >= 0.3 is 0 Å². The van der Waals surface area contributed by atoms with Crippen LogP contribution in [0.1, 0.15) is 6.92 Å². The minimum absolute atomic E-state index is 0.248. The molecule has 0 saturated heterocycles. The Hall–Kier alpha value is -3.25. The van der Waals surface area contributed by atoms with E-state index in [1.807, 2.05) is 36.4 Å². The summed E-state index contributed by atoms with van der Waals surface area (Å²) in [6.45, 7) is 1.35. The van der Waals surface area contributed by atoms with Gasteiger partial charge in [0, 0.05) is 5.02 Å². The van der Waals surface area contributed by atoms with Crippen LogP contribution in [-0.2, 0) is 9.59 Å². The molecule has 1 atom stereocenters. The number of benzene rings is 3. The van der Waals surface area contributed by atoms with Gasteiger partial charge in [-0.15, -0.1) is 0 Å². The van der Waals surface area contributed by atoms with E-state index in [0.29, 0.717) is 16.5 Å². The summed E-state index contributed by atoms with van der Waals surface area (Å²) in [5.41, 5.74) is 4.61. The van der Waals surface area contributed by atoms with Gasteiger partial charge < -0.3 is 9.47 Å². The molecule has 3 rings (SSSR count). The Labute approximate surface area is 167 Å². The second-order valence-corrected chi connectivity index (χ2v) is 6.49. The number of ether oxygens (including phenoxy) is 2. The lowest BCUT2D eigenvalue weighted by Crippen LogP contribution is -2.48. The Morgan fingerprint density at radius 3 is 2.36 bits per heavy atom. The van der Waals surface area contributed by atoms with E-state index in [0.717, 1.165) is 10.8 Å².